The Bertz CT molecular complexity index is 631. The van der Waals surface area contributed by atoms with Gasteiger partial charge in [-0.2, -0.15) is 4.98 Å². The van der Waals surface area contributed by atoms with Crippen molar-refractivity contribution >= 4 is 22.7 Å². The fourth-order valence-electron chi connectivity index (χ4n) is 1.92. The minimum absolute atomic E-state index is 0.673. The number of rotatable bonds is 6. The second-order valence-corrected chi connectivity index (χ2v) is 6.35. The molecule has 0 fully saturated rings. The smallest absolute Gasteiger partial charge is 0.241 e. The molecule has 0 saturated carbocycles. The van der Waals surface area contributed by atoms with Crippen LogP contribution in [-0.2, 0) is 13.1 Å². The van der Waals surface area contributed by atoms with E-state index in [2.05, 4.69) is 39.5 Å². The predicted molar refractivity (Wildman–Crippen MR) is 81.7 cm³/mol. The first-order chi connectivity index (χ1) is 9.85. The average Bonchev–Trinajstić information content (AvgIpc) is 3.20. The molecule has 104 valence electrons. The molecular weight excluding hydrogens is 290 g/mol. The van der Waals surface area contributed by atoms with E-state index in [0.29, 0.717) is 18.3 Å². The molecule has 4 nitrogen and oxygen atoms in total. The van der Waals surface area contributed by atoms with Gasteiger partial charge < -0.3 is 4.52 Å². The van der Waals surface area contributed by atoms with Gasteiger partial charge >= 0.3 is 0 Å². The third-order valence-electron chi connectivity index (χ3n) is 2.98. The third kappa shape index (κ3) is 3.15. The molecule has 0 N–H and O–H groups in total. The summed E-state index contributed by atoms with van der Waals surface area (Å²) in [7, 11) is 0. The molecule has 3 aromatic rings. The lowest BCUT2D eigenvalue weighted by Gasteiger charge is -2.16. The van der Waals surface area contributed by atoms with Gasteiger partial charge in [0.25, 0.3) is 0 Å². The Balaban J connectivity index is 1.67. The van der Waals surface area contributed by atoms with Crippen LogP contribution in [0.25, 0.3) is 10.7 Å². The van der Waals surface area contributed by atoms with Gasteiger partial charge in [-0.05, 0) is 29.4 Å². The van der Waals surface area contributed by atoms with Crippen molar-refractivity contribution < 1.29 is 4.52 Å². The normalized spacial score (nSPS) is 11.3. The summed E-state index contributed by atoms with van der Waals surface area (Å²) in [4.78, 5) is 9.15. The summed E-state index contributed by atoms with van der Waals surface area (Å²) in [6.07, 6.45) is 0. The van der Waals surface area contributed by atoms with Crippen LogP contribution in [0.15, 0.2) is 39.5 Å². The van der Waals surface area contributed by atoms with Gasteiger partial charge in [0, 0.05) is 11.4 Å². The number of hydrogen-bond donors (Lipinski definition) is 0. The summed E-state index contributed by atoms with van der Waals surface area (Å²) in [5, 5.41) is 8.16. The molecule has 6 heteroatoms. The van der Waals surface area contributed by atoms with Gasteiger partial charge in [0.05, 0.1) is 11.4 Å². The monoisotopic (exact) mass is 305 g/mol. The van der Waals surface area contributed by atoms with Crippen LogP contribution < -0.4 is 0 Å². The Labute approximate surface area is 125 Å². The second kappa shape index (κ2) is 6.30. The molecule has 3 aromatic heterocycles. The molecule has 3 heterocycles. The molecule has 0 bridgehead atoms. The van der Waals surface area contributed by atoms with Crippen molar-refractivity contribution in [3.05, 3.63) is 45.8 Å². The molecule has 0 radical (unpaired) electrons. The zero-order valence-corrected chi connectivity index (χ0v) is 12.8. The zero-order chi connectivity index (χ0) is 13.8. The van der Waals surface area contributed by atoms with Crippen molar-refractivity contribution in [1.29, 1.82) is 0 Å². The molecule has 0 aromatic carbocycles. The van der Waals surface area contributed by atoms with E-state index < -0.39 is 0 Å². The van der Waals surface area contributed by atoms with E-state index in [-0.39, 0.29) is 0 Å². The molecule has 20 heavy (non-hydrogen) atoms. The number of aromatic nitrogens is 2. The van der Waals surface area contributed by atoms with E-state index in [9.17, 15) is 0 Å². The van der Waals surface area contributed by atoms with Crippen LogP contribution in [0.4, 0.5) is 0 Å². The lowest BCUT2D eigenvalue weighted by atomic mass is 10.4. The zero-order valence-electron chi connectivity index (χ0n) is 11.2. The summed E-state index contributed by atoms with van der Waals surface area (Å²) < 4.78 is 5.35. The number of thiophene rings is 2. The van der Waals surface area contributed by atoms with Gasteiger partial charge in [-0.15, -0.1) is 22.7 Å². The molecule has 0 saturated heterocycles. The second-order valence-electron chi connectivity index (χ2n) is 4.37. The van der Waals surface area contributed by atoms with Crippen LogP contribution in [0.3, 0.4) is 0 Å². The highest BCUT2D eigenvalue weighted by Gasteiger charge is 2.13. The fraction of sp³-hybridized carbons (Fsp3) is 0.286. The summed E-state index contributed by atoms with van der Waals surface area (Å²) >= 11 is 3.39. The van der Waals surface area contributed by atoms with Crippen molar-refractivity contribution in [2.45, 2.75) is 20.0 Å². The van der Waals surface area contributed by atoms with Crippen molar-refractivity contribution in [2.75, 3.05) is 6.54 Å². The van der Waals surface area contributed by atoms with Crippen molar-refractivity contribution in [3.63, 3.8) is 0 Å². The topological polar surface area (TPSA) is 42.2 Å². The Morgan fingerprint density at radius 2 is 2.00 bits per heavy atom. The van der Waals surface area contributed by atoms with Crippen molar-refractivity contribution in [1.82, 2.24) is 15.0 Å². The van der Waals surface area contributed by atoms with Gasteiger partial charge in [0.15, 0.2) is 0 Å². The van der Waals surface area contributed by atoms with Gasteiger partial charge in [0.2, 0.25) is 11.7 Å². The molecule has 3 rings (SSSR count). The molecule has 0 amide bonds. The maximum atomic E-state index is 5.35. The molecule has 0 atom stereocenters. The third-order valence-corrected chi connectivity index (χ3v) is 4.70. The minimum Gasteiger partial charge on any atom is -0.338 e. The Morgan fingerprint density at radius 3 is 2.70 bits per heavy atom. The standard InChI is InChI=1S/C14H15N3OS2/c1-2-17(9-11-5-3-7-19-11)10-13-15-14(16-18-13)12-6-4-8-20-12/h3-8H,2,9-10H2,1H3. The van der Waals surface area contributed by atoms with E-state index in [4.69, 9.17) is 4.52 Å². The van der Waals surface area contributed by atoms with E-state index in [1.807, 2.05) is 17.5 Å². The predicted octanol–water partition coefficient (Wildman–Crippen LogP) is 3.88. The van der Waals surface area contributed by atoms with Crippen LogP contribution >= 0.6 is 22.7 Å². The fourth-order valence-corrected chi connectivity index (χ4v) is 3.31. The van der Waals surface area contributed by atoms with E-state index >= 15 is 0 Å². The maximum Gasteiger partial charge on any atom is 0.241 e. The first-order valence-electron chi connectivity index (χ1n) is 6.46. The number of hydrogen-bond acceptors (Lipinski definition) is 6. The highest BCUT2D eigenvalue weighted by molar-refractivity contribution is 7.13. The van der Waals surface area contributed by atoms with Crippen LogP contribution in [0.5, 0.6) is 0 Å². The quantitative estimate of drug-likeness (QED) is 0.693. The lowest BCUT2D eigenvalue weighted by molar-refractivity contribution is 0.230. The van der Waals surface area contributed by atoms with E-state index in [1.54, 1.807) is 22.7 Å². The van der Waals surface area contributed by atoms with Crippen LogP contribution in [0.1, 0.15) is 17.7 Å². The van der Waals surface area contributed by atoms with Crippen molar-refractivity contribution in [3.8, 4) is 10.7 Å². The Kier molecular flexibility index (Phi) is 4.25. The lowest BCUT2D eigenvalue weighted by Crippen LogP contribution is -2.21. The Hall–Kier alpha value is -1.50. The first kappa shape index (κ1) is 13.5. The van der Waals surface area contributed by atoms with Crippen LogP contribution in [-0.4, -0.2) is 21.6 Å². The summed E-state index contributed by atoms with van der Waals surface area (Å²) in [6.45, 7) is 4.70. The average molecular weight is 305 g/mol. The summed E-state index contributed by atoms with van der Waals surface area (Å²) in [5.41, 5.74) is 0. The summed E-state index contributed by atoms with van der Waals surface area (Å²) in [5.74, 6) is 1.36. The maximum absolute atomic E-state index is 5.35. The SMILES string of the molecule is CCN(Cc1nc(-c2cccs2)no1)Cc1cccs1. The molecule has 0 spiro atoms. The molecule has 0 aliphatic carbocycles. The van der Waals surface area contributed by atoms with Gasteiger partial charge in [0.1, 0.15) is 0 Å². The number of nitrogens with zero attached hydrogens (tertiary/aromatic N) is 3. The highest BCUT2D eigenvalue weighted by atomic mass is 32.1. The highest BCUT2D eigenvalue weighted by Crippen LogP contribution is 2.22. The van der Waals surface area contributed by atoms with Crippen LogP contribution in [0, 0.1) is 0 Å². The summed E-state index contributed by atoms with van der Waals surface area (Å²) in [6, 6.07) is 8.22. The minimum atomic E-state index is 0.673. The van der Waals surface area contributed by atoms with Crippen molar-refractivity contribution in [2.24, 2.45) is 0 Å². The van der Waals surface area contributed by atoms with Gasteiger partial charge in [-0.3, -0.25) is 4.90 Å². The van der Waals surface area contributed by atoms with E-state index in [0.717, 1.165) is 18.0 Å². The van der Waals surface area contributed by atoms with Gasteiger partial charge in [-0.25, -0.2) is 0 Å². The molecular formula is C14H15N3OS2. The largest absolute Gasteiger partial charge is 0.338 e. The molecule has 0 unspecified atom stereocenters. The Morgan fingerprint density at radius 1 is 1.15 bits per heavy atom. The molecule has 0 aliphatic rings. The van der Waals surface area contributed by atoms with Crippen LogP contribution in [0.2, 0.25) is 0 Å². The van der Waals surface area contributed by atoms with E-state index in [1.165, 1.54) is 4.88 Å². The first-order valence-corrected chi connectivity index (χ1v) is 8.22. The molecule has 0 aliphatic heterocycles. The van der Waals surface area contributed by atoms with Gasteiger partial charge in [-0.1, -0.05) is 24.2 Å².